The lowest BCUT2D eigenvalue weighted by atomic mass is 10.3. The van der Waals surface area contributed by atoms with Gasteiger partial charge >= 0.3 is 6.03 Å². The Morgan fingerprint density at radius 3 is 2.60 bits per heavy atom. The molecular formula is C13H22N6O. The Bertz CT molecular complexity index is 456. The summed E-state index contributed by atoms with van der Waals surface area (Å²) in [5, 5.41) is 5.49. The second-order valence-electron chi connectivity index (χ2n) is 5.30. The van der Waals surface area contributed by atoms with Crippen LogP contribution in [-0.4, -0.2) is 60.2 Å². The summed E-state index contributed by atoms with van der Waals surface area (Å²) in [5.74, 6) is 1.38. The predicted molar refractivity (Wildman–Crippen MR) is 79.0 cm³/mol. The van der Waals surface area contributed by atoms with E-state index in [0.717, 1.165) is 32.0 Å². The molecule has 1 fully saturated rings. The Morgan fingerprint density at radius 2 is 1.95 bits per heavy atom. The summed E-state index contributed by atoms with van der Waals surface area (Å²) in [6.07, 6.45) is 1.48. The zero-order valence-corrected chi connectivity index (χ0v) is 12.3. The molecule has 0 spiro atoms. The van der Waals surface area contributed by atoms with Crippen LogP contribution in [0.3, 0.4) is 0 Å². The van der Waals surface area contributed by atoms with Gasteiger partial charge in [-0.25, -0.2) is 14.8 Å². The first-order valence-electron chi connectivity index (χ1n) is 6.87. The molecule has 7 nitrogen and oxygen atoms in total. The Kier molecular flexibility index (Phi) is 4.73. The number of amides is 2. The van der Waals surface area contributed by atoms with E-state index in [4.69, 9.17) is 0 Å². The monoisotopic (exact) mass is 278 g/mol. The third-order valence-electron chi connectivity index (χ3n) is 3.14. The van der Waals surface area contributed by atoms with Gasteiger partial charge in [0.25, 0.3) is 0 Å². The van der Waals surface area contributed by atoms with E-state index in [1.54, 1.807) is 0 Å². The average molecular weight is 278 g/mol. The van der Waals surface area contributed by atoms with Crippen molar-refractivity contribution in [3.8, 4) is 0 Å². The number of nitrogens with one attached hydrogen (secondary N) is 2. The van der Waals surface area contributed by atoms with E-state index in [1.807, 2.05) is 19.9 Å². The predicted octanol–water partition coefficient (Wildman–Crippen LogP) is 0.758. The Balaban J connectivity index is 1.99. The van der Waals surface area contributed by atoms with Crippen LogP contribution in [0.5, 0.6) is 0 Å². The fourth-order valence-corrected chi connectivity index (χ4v) is 2.04. The van der Waals surface area contributed by atoms with E-state index >= 15 is 0 Å². The summed E-state index contributed by atoms with van der Waals surface area (Å²) in [5.41, 5.74) is 0. The Morgan fingerprint density at radius 1 is 1.25 bits per heavy atom. The van der Waals surface area contributed by atoms with Crippen molar-refractivity contribution in [2.45, 2.75) is 19.9 Å². The molecule has 0 aliphatic carbocycles. The minimum Gasteiger partial charge on any atom is -0.354 e. The topological polar surface area (TPSA) is 73.4 Å². The summed E-state index contributed by atoms with van der Waals surface area (Å²) in [4.78, 5) is 24.5. The van der Waals surface area contributed by atoms with Gasteiger partial charge in [0.05, 0.1) is 0 Å². The molecule has 2 heterocycles. The van der Waals surface area contributed by atoms with E-state index in [-0.39, 0.29) is 12.1 Å². The van der Waals surface area contributed by atoms with E-state index in [2.05, 4.69) is 37.4 Å². The normalized spacial score (nSPS) is 16.3. The summed E-state index contributed by atoms with van der Waals surface area (Å²) in [6, 6.07) is 1.66. The summed E-state index contributed by atoms with van der Waals surface area (Å²) < 4.78 is 0. The van der Waals surface area contributed by atoms with Crippen LogP contribution in [0.4, 0.5) is 16.4 Å². The third kappa shape index (κ3) is 4.06. The molecule has 2 amide bonds. The van der Waals surface area contributed by atoms with Crippen molar-refractivity contribution in [3.05, 3.63) is 12.4 Å². The zero-order chi connectivity index (χ0) is 14.5. The van der Waals surface area contributed by atoms with Gasteiger partial charge in [0.1, 0.15) is 18.0 Å². The zero-order valence-electron chi connectivity index (χ0n) is 12.3. The first kappa shape index (κ1) is 14.5. The number of rotatable bonds is 3. The number of nitrogens with zero attached hydrogens (tertiary/aromatic N) is 4. The van der Waals surface area contributed by atoms with Crippen molar-refractivity contribution in [2.24, 2.45) is 0 Å². The number of piperazine rings is 1. The number of urea groups is 1. The van der Waals surface area contributed by atoms with Crippen molar-refractivity contribution >= 4 is 17.7 Å². The Hall–Kier alpha value is -1.89. The molecule has 0 radical (unpaired) electrons. The number of anilines is 2. The van der Waals surface area contributed by atoms with Crippen LogP contribution in [0.25, 0.3) is 0 Å². The largest absolute Gasteiger partial charge is 0.354 e. The molecular weight excluding hydrogens is 256 g/mol. The van der Waals surface area contributed by atoms with Crippen molar-refractivity contribution in [1.82, 2.24) is 20.2 Å². The van der Waals surface area contributed by atoms with Gasteiger partial charge in [0, 0.05) is 38.3 Å². The maximum atomic E-state index is 11.7. The SMILES string of the molecule is CC(C)NC(=O)Nc1cc(N2CCN(C)CC2)ncn1. The molecule has 110 valence electrons. The number of carbonyl (C=O) groups is 1. The highest BCUT2D eigenvalue weighted by Gasteiger charge is 2.16. The molecule has 1 aromatic heterocycles. The molecule has 7 heteroatoms. The van der Waals surface area contributed by atoms with Gasteiger partial charge < -0.3 is 15.1 Å². The van der Waals surface area contributed by atoms with Gasteiger partial charge in [0.15, 0.2) is 0 Å². The smallest absolute Gasteiger partial charge is 0.320 e. The van der Waals surface area contributed by atoms with Gasteiger partial charge in [-0.1, -0.05) is 0 Å². The first-order valence-corrected chi connectivity index (χ1v) is 6.87. The van der Waals surface area contributed by atoms with Crippen molar-refractivity contribution in [3.63, 3.8) is 0 Å². The second kappa shape index (κ2) is 6.51. The highest BCUT2D eigenvalue weighted by Crippen LogP contribution is 2.15. The number of hydrogen-bond acceptors (Lipinski definition) is 5. The summed E-state index contributed by atoms with van der Waals surface area (Å²) in [6.45, 7) is 7.72. The third-order valence-corrected chi connectivity index (χ3v) is 3.14. The maximum absolute atomic E-state index is 11.7. The number of hydrogen-bond donors (Lipinski definition) is 2. The minimum absolute atomic E-state index is 0.0916. The molecule has 2 rings (SSSR count). The van der Waals surface area contributed by atoms with E-state index in [1.165, 1.54) is 6.33 Å². The van der Waals surface area contributed by atoms with Crippen molar-refractivity contribution in [2.75, 3.05) is 43.4 Å². The van der Waals surface area contributed by atoms with Crippen LogP contribution in [0.1, 0.15) is 13.8 Å². The molecule has 0 unspecified atom stereocenters. The van der Waals surface area contributed by atoms with Gasteiger partial charge in [0.2, 0.25) is 0 Å². The lowest BCUT2D eigenvalue weighted by Gasteiger charge is -2.33. The molecule has 2 N–H and O–H groups in total. The number of carbonyl (C=O) groups excluding carboxylic acids is 1. The molecule has 0 aromatic carbocycles. The van der Waals surface area contributed by atoms with E-state index in [0.29, 0.717) is 5.82 Å². The van der Waals surface area contributed by atoms with Crippen LogP contribution < -0.4 is 15.5 Å². The van der Waals surface area contributed by atoms with Gasteiger partial charge in [-0.05, 0) is 20.9 Å². The molecule has 0 atom stereocenters. The standard InChI is InChI=1S/C13H22N6O/c1-10(2)16-13(20)17-11-8-12(15-9-14-11)19-6-4-18(3)5-7-19/h8-10H,4-7H2,1-3H3,(H2,14,15,16,17,20). The fraction of sp³-hybridized carbons (Fsp3) is 0.615. The molecule has 1 aliphatic heterocycles. The van der Waals surface area contributed by atoms with E-state index in [9.17, 15) is 4.79 Å². The van der Waals surface area contributed by atoms with Crippen molar-refractivity contribution < 1.29 is 4.79 Å². The summed E-state index contributed by atoms with van der Waals surface area (Å²) >= 11 is 0. The van der Waals surface area contributed by atoms with E-state index < -0.39 is 0 Å². The maximum Gasteiger partial charge on any atom is 0.320 e. The molecule has 0 saturated carbocycles. The van der Waals surface area contributed by atoms with Crippen LogP contribution in [-0.2, 0) is 0 Å². The van der Waals surface area contributed by atoms with Crippen LogP contribution in [0, 0.1) is 0 Å². The molecule has 1 saturated heterocycles. The molecule has 1 aliphatic rings. The summed E-state index contributed by atoms with van der Waals surface area (Å²) in [7, 11) is 2.11. The highest BCUT2D eigenvalue weighted by atomic mass is 16.2. The number of aromatic nitrogens is 2. The molecule has 20 heavy (non-hydrogen) atoms. The number of likely N-dealkylation sites (N-methyl/N-ethyl adjacent to an activating group) is 1. The van der Waals surface area contributed by atoms with Crippen LogP contribution in [0.15, 0.2) is 12.4 Å². The van der Waals surface area contributed by atoms with Crippen molar-refractivity contribution in [1.29, 1.82) is 0 Å². The quantitative estimate of drug-likeness (QED) is 0.854. The van der Waals surface area contributed by atoms with Gasteiger partial charge in [-0.15, -0.1) is 0 Å². The van der Waals surface area contributed by atoms with Gasteiger partial charge in [-0.3, -0.25) is 5.32 Å². The van der Waals surface area contributed by atoms with Gasteiger partial charge in [-0.2, -0.15) is 0 Å². The fourth-order valence-electron chi connectivity index (χ4n) is 2.04. The minimum atomic E-state index is -0.247. The lowest BCUT2D eigenvalue weighted by Crippen LogP contribution is -2.44. The van der Waals surface area contributed by atoms with Crippen LogP contribution in [0.2, 0.25) is 0 Å². The van der Waals surface area contributed by atoms with Crippen LogP contribution >= 0.6 is 0 Å². The second-order valence-corrected chi connectivity index (χ2v) is 5.30. The average Bonchev–Trinajstić information content (AvgIpc) is 2.38. The molecule has 1 aromatic rings. The first-order chi connectivity index (χ1) is 9.54. The molecule has 0 bridgehead atoms. The lowest BCUT2D eigenvalue weighted by molar-refractivity contribution is 0.250. The highest BCUT2D eigenvalue weighted by molar-refractivity contribution is 5.88. The Labute approximate surface area is 119 Å².